The van der Waals surface area contributed by atoms with E-state index in [0.29, 0.717) is 34.6 Å². The van der Waals surface area contributed by atoms with E-state index in [0.717, 1.165) is 21.9 Å². The van der Waals surface area contributed by atoms with Gasteiger partial charge in [-0.05, 0) is 59.8 Å². The molecule has 0 N–H and O–H groups in total. The molecule has 3 aromatic rings. The molecule has 5 rings (SSSR count). The van der Waals surface area contributed by atoms with Crippen molar-refractivity contribution in [2.24, 2.45) is 0 Å². The number of halogens is 1. The minimum Gasteiger partial charge on any atom is -0.489 e. The number of carbonyl (C=O) groups is 2. The zero-order valence-corrected chi connectivity index (χ0v) is 17.0. The lowest BCUT2D eigenvalue weighted by Crippen LogP contribution is -2.40. The minimum absolute atomic E-state index is 0.318. The maximum atomic E-state index is 13.2. The highest BCUT2D eigenvalue weighted by molar-refractivity contribution is 9.10. The number of hydrogen-bond donors (Lipinski definition) is 0. The third-order valence-electron chi connectivity index (χ3n) is 5.20. The average Bonchev–Trinajstić information content (AvgIpc) is 3.26. The highest BCUT2D eigenvalue weighted by Crippen LogP contribution is 2.36. The Bertz CT molecular complexity index is 1200. The van der Waals surface area contributed by atoms with E-state index in [1.807, 2.05) is 18.2 Å². The molecule has 0 unspecified atom stereocenters. The van der Waals surface area contributed by atoms with Crippen molar-refractivity contribution in [3.05, 3.63) is 94.0 Å². The van der Waals surface area contributed by atoms with E-state index in [2.05, 4.69) is 34.2 Å². The fraction of sp³-hybridized carbons (Fsp3) is 0.0833. The molecule has 0 fully saturated rings. The number of nitrogens with zero attached hydrogens (tertiary/aromatic N) is 1. The van der Waals surface area contributed by atoms with Gasteiger partial charge in [-0.3, -0.25) is 9.59 Å². The number of allylic oxidation sites excluding steroid dienone is 2. The average molecular weight is 446 g/mol. The van der Waals surface area contributed by atoms with Crippen LogP contribution in [0.15, 0.2) is 82.9 Å². The van der Waals surface area contributed by atoms with Gasteiger partial charge in [0.1, 0.15) is 12.4 Å². The summed E-state index contributed by atoms with van der Waals surface area (Å²) in [7, 11) is 0. The van der Waals surface area contributed by atoms with Gasteiger partial charge >= 0.3 is 0 Å². The van der Waals surface area contributed by atoms with Crippen LogP contribution in [0.4, 0.5) is 5.69 Å². The van der Waals surface area contributed by atoms with Crippen LogP contribution >= 0.6 is 15.9 Å². The number of anilines is 1. The number of benzene rings is 3. The standard InChI is InChI=1S/C24H16BrNO3/c25-21-13-12-20-22-18(21)6-3-7-19(22)23(27)26(24(20)28)16-8-10-17(11-9-16)29-14-15-4-1-2-5-15/h1,3-13H,2,14H2. The summed E-state index contributed by atoms with van der Waals surface area (Å²) in [5, 5.41) is 1.56. The van der Waals surface area contributed by atoms with Gasteiger partial charge in [-0.15, -0.1) is 0 Å². The fourth-order valence-corrected chi connectivity index (χ4v) is 4.23. The van der Waals surface area contributed by atoms with E-state index in [4.69, 9.17) is 4.74 Å². The Balaban J connectivity index is 1.47. The van der Waals surface area contributed by atoms with Crippen LogP contribution in [0.1, 0.15) is 27.1 Å². The molecule has 0 bridgehead atoms. The van der Waals surface area contributed by atoms with Crippen LogP contribution in [-0.4, -0.2) is 18.4 Å². The third kappa shape index (κ3) is 2.98. The molecule has 2 amide bonds. The van der Waals surface area contributed by atoms with Gasteiger partial charge in [-0.1, -0.05) is 46.3 Å². The van der Waals surface area contributed by atoms with Crippen molar-refractivity contribution < 1.29 is 14.3 Å². The molecular formula is C24H16BrNO3. The molecule has 1 aliphatic carbocycles. The molecule has 0 saturated heterocycles. The Morgan fingerprint density at radius 2 is 1.69 bits per heavy atom. The van der Waals surface area contributed by atoms with Crippen LogP contribution < -0.4 is 9.64 Å². The minimum atomic E-state index is -0.318. The molecule has 0 aromatic heterocycles. The van der Waals surface area contributed by atoms with E-state index < -0.39 is 0 Å². The van der Waals surface area contributed by atoms with Gasteiger partial charge in [0, 0.05) is 21.0 Å². The highest BCUT2D eigenvalue weighted by atomic mass is 79.9. The Kier molecular flexibility index (Phi) is 4.32. The first-order chi connectivity index (χ1) is 14.1. The topological polar surface area (TPSA) is 46.6 Å². The molecule has 0 radical (unpaired) electrons. The van der Waals surface area contributed by atoms with E-state index in [1.54, 1.807) is 36.4 Å². The van der Waals surface area contributed by atoms with Crippen LogP contribution in [0.3, 0.4) is 0 Å². The normalized spacial score (nSPS) is 15.2. The van der Waals surface area contributed by atoms with Gasteiger partial charge in [-0.2, -0.15) is 0 Å². The predicted molar refractivity (Wildman–Crippen MR) is 117 cm³/mol. The maximum Gasteiger partial charge on any atom is 0.265 e. The van der Waals surface area contributed by atoms with Gasteiger partial charge in [0.05, 0.1) is 5.69 Å². The second kappa shape index (κ2) is 7.01. The number of amides is 2. The first-order valence-electron chi connectivity index (χ1n) is 9.32. The Morgan fingerprint density at radius 3 is 2.41 bits per heavy atom. The lowest BCUT2D eigenvalue weighted by molar-refractivity contribution is 0.0893. The summed E-state index contributed by atoms with van der Waals surface area (Å²) in [4.78, 5) is 27.5. The predicted octanol–water partition coefficient (Wildman–Crippen LogP) is 5.67. The monoisotopic (exact) mass is 445 g/mol. The van der Waals surface area contributed by atoms with E-state index >= 15 is 0 Å². The summed E-state index contributed by atoms with van der Waals surface area (Å²) in [5.41, 5.74) is 2.72. The molecule has 29 heavy (non-hydrogen) atoms. The van der Waals surface area contributed by atoms with Crippen molar-refractivity contribution >= 4 is 44.2 Å². The molecule has 5 heteroatoms. The number of hydrogen-bond acceptors (Lipinski definition) is 3. The molecule has 3 aromatic carbocycles. The molecule has 0 atom stereocenters. The summed E-state index contributed by atoms with van der Waals surface area (Å²) in [6.45, 7) is 0.502. The second-order valence-corrected chi connectivity index (χ2v) is 7.82. The smallest absolute Gasteiger partial charge is 0.265 e. The van der Waals surface area contributed by atoms with Crippen LogP contribution in [0.5, 0.6) is 5.75 Å². The Morgan fingerprint density at radius 1 is 0.931 bits per heavy atom. The second-order valence-electron chi connectivity index (χ2n) is 6.97. The van der Waals surface area contributed by atoms with Gasteiger partial charge in [-0.25, -0.2) is 4.90 Å². The quantitative estimate of drug-likeness (QED) is 0.486. The van der Waals surface area contributed by atoms with Gasteiger partial charge < -0.3 is 4.74 Å². The van der Waals surface area contributed by atoms with Crippen molar-refractivity contribution in [1.29, 1.82) is 0 Å². The summed E-state index contributed by atoms with van der Waals surface area (Å²) in [5.74, 6) is 0.0560. The Labute approximate surface area is 176 Å². The number of ether oxygens (including phenoxy) is 1. The van der Waals surface area contributed by atoms with E-state index in [9.17, 15) is 9.59 Å². The van der Waals surface area contributed by atoms with Crippen LogP contribution in [-0.2, 0) is 0 Å². The molecular weight excluding hydrogens is 430 g/mol. The molecule has 1 aliphatic heterocycles. The molecule has 0 spiro atoms. The first-order valence-corrected chi connectivity index (χ1v) is 10.1. The zero-order chi connectivity index (χ0) is 20.0. The largest absolute Gasteiger partial charge is 0.489 e. The van der Waals surface area contributed by atoms with Crippen molar-refractivity contribution in [3.63, 3.8) is 0 Å². The van der Waals surface area contributed by atoms with Gasteiger partial charge in [0.15, 0.2) is 0 Å². The van der Waals surface area contributed by atoms with Crippen molar-refractivity contribution in [3.8, 4) is 5.75 Å². The van der Waals surface area contributed by atoms with E-state index in [-0.39, 0.29) is 11.8 Å². The van der Waals surface area contributed by atoms with Gasteiger partial charge in [0.25, 0.3) is 11.8 Å². The molecule has 4 nitrogen and oxygen atoms in total. The lowest BCUT2D eigenvalue weighted by atomic mass is 9.94. The first kappa shape index (κ1) is 17.9. The van der Waals surface area contributed by atoms with Crippen molar-refractivity contribution in [1.82, 2.24) is 0 Å². The lowest BCUT2D eigenvalue weighted by Gasteiger charge is -2.27. The summed E-state index contributed by atoms with van der Waals surface area (Å²) < 4.78 is 6.65. The fourth-order valence-electron chi connectivity index (χ4n) is 3.77. The van der Waals surface area contributed by atoms with Gasteiger partial charge in [0.2, 0.25) is 0 Å². The van der Waals surface area contributed by atoms with Crippen molar-refractivity contribution in [2.45, 2.75) is 6.42 Å². The van der Waals surface area contributed by atoms with Crippen LogP contribution in [0, 0.1) is 0 Å². The van der Waals surface area contributed by atoms with Crippen LogP contribution in [0.25, 0.3) is 10.8 Å². The zero-order valence-electron chi connectivity index (χ0n) is 15.4. The molecule has 142 valence electrons. The maximum absolute atomic E-state index is 13.2. The number of imide groups is 1. The number of rotatable bonds is 4. The van der Waals surface area contributed by atoms with Crippen LogP contribution in [0.2, 0.25) is 0 Å². The SMILES string of the molecule is O=C1c2cccc3c(Br)ccc(c23)C(=O)N1c1ccc(OCC2=CCC=C2)cc1. The van der Waals surface area contributed by atoms with Crippen molar-refractivity contribution in [2.75, 3.05) is 11.5 Å². The Hall–Kier alpha value is -3.18. The summed E-state index contributed by atoms with van der Waals surface area (Å²) in [6, 6.07) is 16.2. The molecule has 2 aliphatic rings. The summed E-state index contributed by atoms with van der Waals surface area (Å²) >= 11 is 3.51. The van der Waals surface area contributed by atoms with E-state index in [1.165, 1.54) is 4.90 Å². The molecule has 0 saturated carbocycles. The number of carbonyl (C=O) groups excluding carboxylic acids is 2. The third-order valence-corrected chi connectivity index (χ3v) is 5.89. The summed E-state index contributed by atoms with van der Waals surface area (Å²) in [6.07, 6.45) is 7.21. The molecule has 1 heterocycles. The highest BCUT2D eigenvalue weighted by Gasteiger charge is 2.34.